The first kappa shape index (κ1) is 18.3. The first-order chi connectivity index (χ1) is 12.6. The zero-order valence-corrected chi connectivity index (χ0v) is 15.2. The monoisotopic (exact) mass is 371 g/mol. The molecule has 1 aliphatic rings. The number of benzene rings is 2. The van der Waals surface area contributed by atoms with E-state index in [9.17, 15) is 9.59 Å². The molecule has 1 saturated heterocycles. The third-order valence-corrected chi connectivity index (χ3v) is 4.71. The van der Waals surface area contributed by atoms with Gasteiger partial charge in [-0.1, -0.05) is 41.9 Å². The van der Waals surface area contributed by atoms with E-state index < -0.39 is 0 Å². The lowest BCUT2D eigenvalue weighted by Gasteiger charge is -2.17. The highest BCUT2D eigenvalue weighted by Crippen LogP contribution is 2.18. The SMILES string of the molecule is O=C(NCC1CC(=O)N(CCc2ccccc2)C1)Nc1ccc(Cl)cc1. The molecular formula is C20H22ClN3O2. The van der Waals surface area contributed by atoms with Crippen molar-refractivity contribution in [1.82, 2.24) is 10.2 Å². The number of nitrogens with zero attached hydrogens (tertiary/aromatic N) is 1. The largest absolute Gasteiger partial charge is 0.342 e. The summed E-state index contributed by atoms with van der Waals surface area (Å²) in [7, 11) is 0. The van der Waals surface area contributed by atoms with Crippen LogP contribution in [0.4, 0.5) is 10.5 Å². The molecule has 0 aromatic heterocycles. The van der Waals surface area contributed by atoms with Gasteiger partial charge < -0.3 is 15.5 Å². The van der Waals surface area contributed by atoms with E-state index in [-0.39, 0.29) is 17.9 Å². The van der Waals surface area contributed by atoms with Gasteiger partial charge in [-0.2, -0.15) is 0 Å². The average molecular weight is 372 g/mol. The van der Waals surface area contributed by atoms with E-state index in [0.29, 0.717) is 30.2 Å². The van der Waals surface area contributed by atoms with Crippen LogP contribution in [0.2, 0.25) is 5.02 Å². The number of carbonyl (C=O) groups excluding carboxylic acids is 2. The summed E-state index contributed by atoms with van der Waals surface area (Å²) in [6.07, 6.45) is 1.33. The summed E-state index contributed by atoms with van der Waals surface area (Å²) in [6, 6.07) is 16.8. The minimum absolute atomic E-state index is 0.147. The fourth-order valence-electron chi connectivity index (χ4n) is 3.06. The maximum atomic E-state index is 12.2. The summed E-state index contributed by atoms with van der Waals surface area (Å²) < 4.78 is 0. The van der Waals surface area contributed by atoms with Crippen LogP contribution in [0.3, 0.4) is 0 Å². The Morgan fingerprint density at radius 3 is 2.58 bits per heavy atom. The maximum absolute atomic E-state index is 12.2. The zero-order valence-electron chi connectivity index (χ0n) is 14.5. The first-order valence-electron chi connectivity index (χ1n) is 8.72. The van der Waals surface area contributed by atoms with Crippen molar-refractivity contribution in [2.45, 2.75) is 12.8 Å². The summed E-state index contributed by atoms with van der Waals surface area (Å²) >= 11 is 5.82. The summed E-state index contributed by atoms with van der Waals surface area (Å²) in [5.41, 5.74) is 1.91. The molecule has 1 fully saturated rings. The highest BCUT2D eigenvalue weighted by molar-refractivity contribution is 6.30. The van der Waals surface area contributed by atoms with Crippen molar-refractivity contribution in [1.29, 1.82) is 0 Å². The van der Waals surface area contributed by atoms with E-state index >= 15 is 0 Å². The summed E-state index contributed by atoms with van der Waals surface area (Å²) in [5.74, 6) is 0.306. The molecular weight excluding hydrogens is 350 g/mol. The lowest BCUT2D eigenvalue weighted by molar-refractivity contribution is -0.127. The molecule has 1 heterocycles. The Balaban J connectivity index is 1.41. The lowest BCUT2D eigenvalue weighted by atomic mass is 10.1. The standard InChI is InChI=1S/C20H22ClN3O2/c21-17-6-8-18(9-7-17)23-20(26)22-13-16-12-19(25)24(14-16)11-10-15-4-2-1-3-5-15/h1-9,16H,10-14H2,(H2,22,23,26). The number of nitrogens with one attached hydrogen (secondary N) is 2. The Bertz CT molecular complexity index is 749. The van der Waals surface area contributed by atoms with Gasteiger partial charge in [-0.05, 0) is 36.2 Å². The molecule has 2 N–H and O–H groups in total. The van der Waals surface area contributed by atoms with Crippen LogP contribution < -0.4 is 10.6 Å². The predicted molar refractivity (Wildman–Crippen MR) is 103 cm³/mol. The van der Waals surface area contributed by atoms with Crippen molar-refractivity contribution in [2.24, 2.45) is 5.92 Å². The molecule has 2 aromatic carbocycles. The first-order valence-corrected chi connectivity index (χ1v) is 9.10. The van der Waals surface area contributed by atoms with Crippen LogP contribution in [0, 0.1) is 5.92 Å². The molecule has 2 aromatic rings. The van der Waals surface area contributed by atoms with Crippen molar-refractivity contribution < 1.29 is 9.59 Å². The van der Waals surface area contributed by atoms with Crippen LogP contribution >= 0.6 is 11.6 Å². The second-order valence-corrected chi connectivity index (χ2v) is 6.92. The number of urea groups is 1. The number of likely N-dealkylation sites (tertiary alicyclic amines) is 1. The number of rotatable bonds is 6. The van der Waals surface area contributed by atoms with Gasteiger partial charge in [0, 0.05) is 42.7 Å². The number of hydrogen-bond donors (Lipinski definition) is 2. The highest BCUT2D eigenvalue weighted by atomic mass is 35.5. The smallest absolute Gasteiger partial charge is 0.319 e. The molecule has 0 saturated carbocycles. The molecule has 1 aliphatic heterocycles. The molecule has 0 spiro atoms. The predicted octanol–water partition coefficient (Wildman–Crippen LogP) is 3.55. The normalized spacial score (nSPS) is 16.6. The topological polar surface area (TPSA) is 61.4 Å². The van der Waals surface area contributed by atoms with Crippen molar-refractivity contribution in [2.75, 3.05) is 25.0 Å². The number of hydrogen-bond acceptors (Lipinski definition) is 2. The molecule has 0 radical (unpaired) electrons. The van der Waals surface area contributed by atoms with Crippen LogP contribution in [0.1, 0.15) is 12.0 Å². The van der Waals surface area contributed by atoms with Crippen molar-refractivity contribution in [3.63, 3.8) is 0 Å². The molecule has 1 atom stereocenters. The average Bonchev–Trinajstić information content (AvgIpc) is 3.01. The highest BCUT2D eigenvalue weighted by Gasteiger charge is 2.29. The molecule has 3 rings (SSSR count). The summed E-state index contributed by atoms with van der Waals surface area (Å²) in [4.78, 5) is 26.0. The van der Waals surface area contributed by atoms with Gasteiger partial charge in [0.15, 0.2) is 0 Å². The summed E-state index contributed by atoms with van der Waals surface area (Å²) in [6.45, 7) is 1.89. The third-order valence-electron chi connectivity index (χ3n) is 4.46. The zero-order chi connectivity index (χ0) is 18.4. The van der Waals surface area contributed by atoms with Crippen molar-refractivity contribution >= 4 is 29.2 Å². The van der Waals surface area contributed by atoms with E-state index in [1.54, 1.807) is 24.3 Å². The quantitative estimate of drug-likeness (QED) is 0.815. The molecule has 136 valence electrons. The Kier molecular flexibility index (Phi) is 6.12. The number of amides is 3. The fourth-order valence-corrected chi connectivity index (χ4v) is 3.19. The molecule has 0 aliphatic carbocycles. The number of anilines is 1. The number of carbonyl (C=O) groups is 2. The van der Waals surface area contributed by atoms with Gasteiger partial charge in [-0.15, -0.1) is 0 Å². The molecule has 3 amide bonds. The van der Waals surface area contributed by atoms with Crippen LogP contribution in [-0.2, 0) is 11.2 Å². The fraction of sp³-hybridized carbons (Fsp3) is 0.300. The molecule has 26 heavy (non-hydrogen) atoms. The molecule has 5 nitrogen and oxygen atoms in total. The Morgan fingerprint density at radius 2 is 1.85 bits per heavy atom. The van der Waals surface area contributed by atoms with Gasteiger partial charge in [-0.3, -0.25) is 4.79 Å². The molecule has 0 bridgehead atoms. The minimum atomic E-state index is -0.275. The van der Waals surface area contributed by atoms with Gasteiger partial charge in [0.25, 0.3) is 0 Å². The van der Waals surface area contributed by atoms with E-state index in [4.69, 9.17) is 11.6 Å². The van der Waals surface area contributed by atoms with Crippen LogP contribution in [-0.4, -0.2) is 36.5 Å². The Hall–Kier alpha value is -2.53. The van der Waals surface area contributed by atoms with Crippen LogP contribution in [0.25, 0.3) is 0 Å². The lowest BCUT2D eigenvalue weighted by Crippen LogP contribution is -2.34. The van der Waals surface area contributed by atoms with Gasteiger partial charge in [0.05, 0.1) is 0 Å². The van der Waals surface area contributed by atoms with Gasteiger partial charge in [0.2, 0.25) is 5.91 Å². The Morgan fingerprint density at radius 1 is 1.12 bits per heavy atom. The second-order valence-electron chi connectivity index (χ2n) is 6.49. The van der Waals surface area contributed by atoms with Gasteiger partial charge in [-0.25, -0.2) is 4.79 Å². The van der Waals surface area contributed by atoms with Gasteiger partial charge in [0.1, 0.15) is 0 Å². The van der Waals surface area contributed by atoms with E-state index in [0.717, 1.165) is 13.0 Å². The van der Waals surface area contributed by atoms with E-state index in [1.807, 2.05) is 23.1 Å². The summed E-state index contributed by atoms with van der Waals surface area (Å²) in [5, 5.41) is 6.22. The third kappa shape index (κ3) is 5.23. The maximum Gasteiger partial charge on any atom is 0.319 e. The van der Waals surface area contributed by atoms with Crippen LogP contribution in [0.15, 0.2) is 54.6 Å². The molecule has 6 heteroatoms. The second kappa shape index (κ2) is 8.72. The Labute approximate surface area is 158 Å². The van der Waals surface area contributed by atoms with E-state index in [2.05, 4.69) is 22.8 Å². The van der Waals surface area contributed by atoms with E-state index in [1.165, 1.54) is 5.56 Å². The number of halogens is 1. The van der Waals surface area contributed by atoms with Gasteiger partial charge >= 0.3 is 6.03 Å². The minimum Gasteiger partial charge on any atom is -0.342 e. The van der Waals surface area contributed by atoms with Crippen molar-refractivity contribution in [3.8, 4) is 0 Å². The van der Waals surface area contributed by atoms with Crippen molar-refractivity contribution in [3.05, 3.63) is 65.2 Å². The molecule has 1 unspecified atom stereocenters. The van der Waals surface area contributed by atoms with Crippen LogP contribution in [0.5, 0.6) is 0 Å².